The van der Waals surface area contributed by atoms with Crippen LogP contribution in [0, 0.1) is 0 Å². The van der Waals surface area contributed by atoms with Crippen LogP contribution in [-0.4, -0.2) is 54.9 Å². The van der Waals surface area contributed by atoms with Crippen molar-refractivity contribution in [1.82, 2.24) is 9.80 Å². The van der Waals surface area contributed by atoms with Crippen molar-refractivity contribution in [1.29, 1.82) is 0 Å². The Hall–Kier alpha value is -4.05. The molecule has 4 rings (SSSR count). The van der Waals surface area contributed by atoms with Crippen molar-refractivity contribution >= 4 is 17.9 Å². The molecular weight excluding hydrogens is 512 g/mol. The van der Waals surface area contributed by atoms with Crippen molar-refractivity contribution in [3.8, 4) is 0 Å². The SMILES string of the molecule is CN(C)C1(C)C=CC(C=C(C=Cc2ccccc2)C(=O)C(C=Cc2ccccc2)=CC2=CCC(C)(N(C)C)C=C2)=CC1. The maximum atomic E-state index is 14.3. The lowest BCUT2D eigenvalue weighted by molar-refractivity contribution is -0.111. The lowest BCUT2D eigenvalue weighted by Gasteiger charge is -2.34. The van der Waals surface area contributed by atoms with E-state index in [9.17, 15) is 4.79 Å². The number of carbonyl (C=O) groups is 1. The van der Waals surface area contributed by atoms with Gasteiger partial charge < -0.3 is 9.80 Å². The quantitative estimate of drug-likeness (QED) is 0.217. The maximum Gasteiger partial charge on any atom is 0.193 e. The van der Waals surface area contributed by atoms with Crippen molar-refractivity contribution in [2.24, 2.45) is 0 Å². The largest absolute Gasteiger partial charge is 0.300 e. The molecule has 3 nitrogen and oxygen atoms in total. The average molecular weight is 557 g/mol. The zero-order valence-electron chi connectivity index (χ0n) is 25.9. The third-order valence-corrected chi connectivity index (χ3v) is 8.49. The van der Waals surface area contributed by atoms with Crippen LogP contribution in [0.1, 0.15) is 37.8 Å². The van der Waals surface area contributed by atoms with Gasteiger partial charge in [-0.25, -0.2) is 0 Å². The van der Waals surface area contributed by atoms with Gasteiger partial charge in [0.1, 0.15) is 0 Å². The minimum Gasteiger partial charge on any atom is -0.300 e. The van der Waals surface area contributed by atoms with Crippen LogP contribution in [0.3, 0.4) is 0 Å². The van der Waals surface area contributed by atoms with E-state index in [0.29, 0.717) is 11.1 Å². The van der Waals surface area contributed by atoms with Crippen LogP contribution in [0.4, 0.5) is 0 Å². The molecule has 0 heterocycles. The van der Waals surface area contributed by atoms with E-state index < -0.39 is 0 Å². The molecule has 0 saturated heterocycles. The zero-order chi connectivity index (χ0) is 30.2. The third-order valence-electron chi connectivity index (χ3n) is 8.49. The molecule has 2 aliphatic carbocycles. The van der Waals surface area contributed by atoms with E-state index in [-0.39, 0.29) is 16.9 Å². The lowest BCUT2D eigenvalue weighted by Crippen LogP contribution is -2.39. The second-order valence-corrected chi connectivity index (χ2v) is 12.0. The zero-order valence-corrected chi connectivity index (χ0v) is 25.9. The summed E-state index contributed by atoms with van der Waals surface area (Å²) in [6.07, 6.45) is 26.9. The van der Waals surface area contributed by atoms with Crippen molar-refractivity contribution in [3.05, 3.63) is 155 Å². The van der Waals surface area contributed by atoms with Gasteiger partial charge >= 0.3 is 0 Å². The molecule has 2 aromatic carbocycles. The lowest BCUT2D eigenvalue weighted by atomic mass is 9.87. The van der Waals surface area contributed by atoms with Crippen LogP contribution in [0.25, 0.3) is 12.2 Å². The van der Waals surface area contributed by atoms with Gasteiger partial charge in [-0.15, -0.1) is 0 Å². The summed E-state index contributed by atoms with van der Waals surface area (Å²) in [5.74, 6) is -0.0140. The van der Waals surface area contributed by atoms with Crippen molar-refractivity contribution in [3.63, 3.8) is 0 Å². The molecule has 0 amide bonds. The fraction of sp³-hybridized carbons (Fsp3) is 0.256. The van der Waals surface area contributed by atoms with Crippen LogP contribution in [0.2, 0.25) is 0 Å². The van der Waals surface area contributed by atoms with Gasteiger partial charge in [0.05, 0.1) is 0 Å². The third kappa shape index (κ3) is 8.03. The molecule has 2 atom stereocenters. The summed E-state index contributed by atoms with van der Waals surface area (Å²) in [7, 11) is 8.40. The average Bonchev–Trinajstić information content (AvgIpc) is 3.00. The summed E-state index contributed by atoms with van der Waals surface area (Å²) in [6, 6.07) is 20.2. The van der Waals surface area contributed by atoms with Crippen LogP contribution >= 0.6 is 0 Å². The number of ketones is 1. The smallest absolute Gasteiger partial charge is 0.193 e. The molecule has 0 fully saturated rings. The van der Waals surface area contributed by atoms with Crippen LogP contribution in [-0.2, 0) is 4.79 Å². The number of hydrogen-bond donors (Lipinski definition) is 0. The van der Waals surface area contributed by atoms with Crippen molar-refractivity contribution < 1.29 is 4.79 Å². The van der Waals surface area contributed by atoms with Gasteiger partial charge in [0, 0.05) is 22.2 Å². The molecule has 0 spiro atoms. The van der Waals surface area contributed by atoms with Crippen LogP contribution in [0.5, 0.6) is 0 Å². The van der Waals surface area contributed by atoms with Gasteiger partial charge in [-0.3, -0.25) is 4.79 Å². The topological polar surface area (TPSA) is 23.6 Å². The first-order valence-corrected chi connectivity index (χ1v) is 14.7. The van der Waals surface area contributed by atoms with E-state index in [1.807, 2.05) is 97.1 Å². The van der Waals surface area contributed by atoms with Crippen LogP contribution in [0.15, 0.2) is 144 Å². The van der Waals surface area contributed by atoms with E-state index in [1.165, 1.54) is 0 Å². The molecule has 216 valence electrons. The Morgan fingerprint density at radius 1 is 0.643 bits per heavy atom. The number of hydrogen-bond acceptors (Lipinski definition) is 3. The van der Waals surface area contributed by atoms with Crippen LogP contribution < -0.4 is 0 Å². The number of rotatable bonds is 10. The molecular formula is C39H44N2O. The second kappa shape index (κ2) is 13.7. The fourth-order valence-electron chi connectivity index (χ4n) is 4.75. The van der Waals surface area contributed by atoms with Crippen molar-refractivity contribution in [2.75, 3.05) is 28.2 Å². The standard InChI is InChI=1S/C39H44N2O/c1-38(40(3)4)25-21-33(22-26-38)29-35(19-17-31-13-9-7-10-14-31)37(42)36(20-18-32-15-11-8-12-16-32)30-34-23-27-39(2,28-24-34)41(5)6/h7-25,27,29-30H,26,28H2,1-6H3. The monoisotopic (exact) mass is 556 g/mol. The highest BCUT2D eigenvalue weighted by molar-refractivity contribution is 6.13. The Morgan fingerprint density at radius 3 is 1.33 bits per heavy atom. The first-order chi connectivity index (χ1) is 20.1. The molecule has 0 aliphatic heterocycles. The number of Topliss-reactive ketones (excluding diaryl/α,β-unsaturated/α-hetero) is 1. The molecule has 0 N–H and O–H groups in total. The van der Waals surface area contributed by atoms with E-state index in [4.69, 9.17) is 0 Å². The van der Waals surface area contributed by atoms with Gasteiger partial charge in [-0.2, -0.15) is 0 Å². The molecule has 2 aliphatic rings. The number of likely N-dealkylation sites (N-methyl/N-ethyl adjacent to an activating group) is 2. The number of benzene rings is 2. The van der Waals surface area contributed by atoms with Gasteiger partial charge in [0.15, 0.2) is 5.78 Å². The summed E-state index contributed by atoms with van der Waals surface area (Å²) >= 11 is 0. The Labute approximate surface area is 252 Å². The van der Waals surface area contributed by atoms with Gasteiger partial charge in [0.2, 0.25) is 0 Å². The molecule has 0 radical (unpaired) electrons. The summed E-state index contributed by atoms with van der Waals surface area (Å²) in [4.78, 5) is 18.8. The van der Waals surface area contributed by atoms with E-state index in [1.54, 1.807) is 0 Å². The minimum atomic E-state index is -0.0360. The molecule has 0 aromatic heterocycles. The Bertz CT molecular complexity index is 1380. The summed E-state index contributed by atoms with van der Waals surface area (Å²) in [5, 5.41) is 0. The Balaban J connectivity index is 1.74. The Morgan fingerprint density at radius 2 is 1.02 bits per heavy atom. The number of carbonyl (C=O) groups excluding carboxylic acids is 1. The number of nitrogens with zero attached hydrogens (tertiary/aromatic N) is 2. The van der Waals surface area contributed by atoms with E-state index in [0.717, 1.165) is 35.1 Å². The second-order valence-electron chi connectivity index (χ2n) is 12.0. The number of allylic oxidation sites excluding steroid dienone is 10. The van der Waals surface area contributed by atoms with Crippen molar-refractivity contribution in [2.45, 2.75) is 37.8 Å². The van der Waals surface area contributed by atoms with Gasteiger partial charge in [-0.1, -0.05) is 121 Å². The predicted octanol–water partition coefficient (Wildman–Crippen LogP) is 8.25. The highest BCUT2D eigenvalue weighted by atomic mass is 16.1. The fourth-order valence-corrected chi connectivity index (χ4v) is 4.75. The van der Waals surface area contributed by atoms with Gasteiger partial charge in [0.25, 0.3) is 0 Å². The normalized spacial score (nSPS) is 23.2. The molecule has 0 bridgehead atoms. The maximum absolute atomic E-state index is 14.3. The molecule has 2 unspecified atom stereocenters. The summed E-state index contributed by atoms with van der Waals surface area (Å²) < 4.78 is 0. The molecule has 3 heteroatoms. The summed E-state index contributed by atoms with van der Waals surface area (Å²) in [6.45, 7) is 4.45. The highest BCUT2D eigenvalue weighted by Crippen LogP contribution is 2.29. The summed E-state index contributed by atoms with van der Waals surface area (Å²) in [5.41, 5.74) is 5.40. The molecule has 0 saturated carbocycles. The van der Waals surface area contributed by atoms with Gasteiger partial charge in [-0.05, 0) is 89.3 Å². The predicted molar refractivity (Wildman–Crippen MR) is 180 cm³/mol. The molecule has 2 aromatic rings. The molecule has 42 heavy (non-hydrogen) atoms. The first-order valence-electron chi connectivity index (χ1n) is 14.7. The first kappa shape index (κ1) is 30.9. The minimum absolute atomic E-state index is 0.0140. The highest BCUT2D eigenvalue weighted by Gasteiger charge is 2.26. The Kier molecular flexibility index (Phi) is 10.1. The van der Waals surface area contributed by atoms with E-state index in [2.05, 4.69) is 88.3 Å². The van der Waals surface area contributed by atoms with E-state index >= 15 is 0 Å².